The molecule has 7 heteroatoms. The molecule has 0 heterocycles. The molecule has 1 rings (SSSR count). The first kappa shape index (κ1) is 11.5. The minimum absolute atomic E-state index is 0.0166. The minimum atomic E-state index is -3.32. The number of hydrogen-bond donors (Lipinski definition) is 2. The topological polar surface area (TPSA) is 74.6 Å². The summed E-state index contributed by atoms with van der Waals surface area (Å²) in [7, 11) is -5.01. The number of benzene rings is 1. The Labute approximate surface area is 87.2 Å². The van der Waals surface area contributed by atoms with Gasteiger partial charge in [-0.2, -0.15) is 0 Å². The van der Waals surface area contributed by atoms with Crippen molar-refractivity contribution in [3.05, 3.63) is 23.2 Å². The number of hydrogen-bond acceptors (Lipinski definition) is 4. The van der Waals surface area contributed by atoms with Crippen molar-refractivity contribution in [1.29, 1.82) is 0 Å². The number of rotatable bonds is 2. The van der Waals surface area contributed by atoms with Crippen LogP contribution in [-0.4, -0.2) is 31.8 Å². The summed E-state index contributed by atoms with van der Waals surface area (Å²) in [6, 6.07) is 3.73. The van der Waals surface area contributed by atoms with Gasteiger partial charge in [0.05, 0.1) is 4.90 Å². The van der Waals surface area contributed by atoms with Gasteiger partial charge in [0.25, 0.3) is 0 Å². The highest BCUT2D eigenvalue weighted by atomic mass is 35.5. The van der Waals surface area contributed by atoms with E-state index in [1.807, 2.05) is 0 Å². The quantitative estimate of drug-likeness (QED) is 0.672. The fourth-order valence-corrected chi connectivity index (χ4v) is 1.94. The second-order valence-corrected chi connectivity index (χ2v) is 5.25. The Morgan fingerprint density at radius 1 is 1.36 bits per heavy atom. The molecule has 0 fully saturated rings. The molecule has 0 saturated heterocycles. The third kappa shape index (κ3) is 2.48. The molecule has 0 spiro atoms. The predicted molar refractivity (Wildman–Crippen MR) is 54.4 cm³/mol. The molecule has 0 atom stereocenters. The van der Waals surface area contributed by atoms with Crippen LogP contribution in [0.1, 0.15) is 0 Å². The monoisotopic (exact) mass is 234 g/mol. The largest absolute Gasteiger partial charge is 0.489 e. The molecule has 0 bridgehead atoms. The normalized spacial score (nSPS) is 11.4. The first-order valence-electron chi connectivity index (χ1n) is 3.68. The first-order chi connectivity index (χ1) is 6.32. The van der Waals surface area contributed by atoms with Gasteiger partial charge in [-0.15, -0.1) is 0 Å². The fraction of sp³-hybridized carbons (Fsp3) is 0.143. The lowest BCUT2D eigenvalue weighted by Crippen LogP contribution is -2.30. The molecule has 0 aliphatic heterocycles. The maximum Gasteiger partial charge on any atom is 0.489 e. The van der Waals surface area contributed by atoms with E-state index in [0.29, 0.717) is 0 Å². The zero-order chi connectivity index (χ0) is 10.9. The molecule has 0 radical (unpaired) electrons. The van der Waals surface area contributed by atoms with Crippen molar-refractivity contribution >= 4 is 34.0 Å². The molecule has 76 valence electrons. The highest BCUT2D eigenvalue weighted by Crippen LogP contribution is 2.13. The fourth-order valence-electron chi connectivity index (χ4n) is 0.948. The van der Waals surface area contributed by atoms with Crippen molar-refractivity contribution in [2.24, 2.45) is 0 Å². The van der Waals surface area contributed by atoms with Crippen LogP contribution >= 0.6 is 11.6 Å². The Balaban J connectivity index is 3.27. The Morgan fingerprint density at radius 2 is 1.93 bits per heavy atom. The van der Waals surface area contributed by atoms with E-state index in [2.05, 4.69) is 0 Å². The third-order valence-corrected chi connectivity index (χ3v) is 3.12. The SMILES string of the molecule is CS(=O)(=O)c1ccc(B(O)O)c(Cl)c1. The van der Waals surface area contributed by atoms with Gasteiger partial charge in [-0.1, -0.05) is 17.7 Å². The molecule has 0 aliphatic rings. The van der Waals surface area contributed by atoms with E-state index >= 15 is 0 Å². The summed E-state index contributed by atoms with van der Waals surface area (Å²) in [5.41, 5.74) is 0.0825. The van der Waals surface area contributed by atoms with Gasteiger partial charge in [-0.05, 0) is 12.1 Å². The molecule has 0 saturated carbocycles. The molecule has 14 heavy (non-hydrogen) atoms. The summed E-state index contributed by atoms with van der Waals surface area (Å²) in [5, 5.41) is 17.7. The highest BCUT2D eigenvalue weighted by Gasteiger charge is 2.17. The van der Waals surface area contributed by atoms with E-state index in [1.165, 1.54) is 18.2 Å². The third-order valence-electron chi connectivity index (χ3n) is 1.68. The summed E-state index contributed by atoms with van der Waals surface area (Å²) in [6.45, 7) is 0. The first-order valence-corrected chi connectivity index (χ1v) is 5.95. The molecule has 4 nitrogen and oxygen atoms in total. The summed E-state index contributed by atoms with van der Waals surface area (Å²) in [6.07, 6.45) is 1.05. The molecule has 2 N–H and O–H groups in total. The molecule has 1 aromatic carbocycles. The highest BCUT2D eigenvalue weighted by molar-refractivity contribution is 7.90. The van der Waals surface area contributed by atoms with E-state index < -0.39 is 17.0 Å². The summed E-state index contributed by atoms with van der Waals surface area (Å²) in [4.78, 5) is 0.0481. The smallest absolute Gasteiger partial charge is 0.423 e. The van der Waals surface area contributed by atoms with Gasteiger partial charge < -0.3 is 10.0 Å². The zero-order valence-electron chi connectivity index (χ0n) is 7.31. The molecular weight excluding hydrogens is 226 g/mol. The molecule has 0 amide bonds. The Hall–Kier alpha value is -0.555. The van der Waals surface area contributed by atoms with Crippen LogP contribution in [0.15, 0.2) is 23.1 Å². The van der Waals surface area contributed by atoms with E-state index in [-0.39, 0.29) is 15.4 Å². The lowest BCUT2D eigenvalue weighted by molar-refractivity contribution is 0.426. The van der Waals surface area contributed by atoms with Gasteiger partial charge >= 0.3 is 7.12 Å². The van der Waals surface area contributed by atoms with Crippen LogP contribution in [0.5, 0.6) is 0 Å². The maximum atomic E-state index is 11.1. The lowest BCUT2D eigenvalue weighted by Gasteiger charge is -2.04. The molecule has 0 unspecified atom stereocenters. The van der Waals surface area contributed by atoms with Crippen molar-refractivity contribution in [2.45, 2.75) is 4.90 Å². The van der Waals surface area contributed by atoms with Gasteiger partial charge in [0.2, 0.25) is 0 Å². The van der Waals surface area contributed by atoms with Crippen molar-refractivity contribution in [2.75, 3.05) is 6.26 Å². The van der Waals surface area contributed by atoms with Crippen LogP contribution in [0.2, 0.25) is 5.02 Å². The van der Waals surface area contributed by atoms with Crippen LogP contribution in [0.3, 0.4) is 0 Å². The second kappa shape index (κ2) is 3.90. The van der Waals surface area contributed by atoms with Crippen molar-refractivity contribution in [1.82, 2.24) is 0 Å². The number of halogens is 1. The Morgan fingerprint density at radius 3 is 2.29 bits per heavy atom. The van der Waals surface area contributed by atoms with E-state index in [0.717, 1.165) is 6.26 Å². The lowest BCUT2D eigenvalue weighted by atomic mass is 9.80. The summed E-state index contributed by atoms with van der Waals surface area (Å²) >= 11 is 5.65. The molecule has 0 aromatic heterocycles. The zero-order valence-corrected chi connectivity index (χ0v) is 8.88. The Kier molecular flexibility index (Phi) is 3.21. The van der Waals surface area contributed by atoms with Gasteiger partial charge in [-0.3, -0.25) is 0 Å². The summed E-state index contributed by atoms with van der Waals surface area (Å²) in [5.74, 6) is 0. The van der Waals surface area contributed by atoms with Crippen molar-refractivity contribution in [3.8, 4) is 0 Å². The Bertz CT molecular complexity index is 443. The van der Waals surface area contributed by atoms with Crippen LogP contribution < -0.4 is 5.46 Å². The van der Waals surface area contributed by atoms with E-state index in [9.17, 15) is 8.42 Å². The standard InChI is InChI=1S/C7H8BClO4S/c1-14(12,13)5-2-3-6(8(10)11)7(9)4-5/h2-4,10-11H,1H3. The average Bonchev–Trinajstić information content (AvgIpc) is 2.01. The number of sulfone groups is 1. The van der Waals surface area contributed by atoms with E-state index in [1.54, 1.807) is 0 Å². The van der Waals surface area contributed by atoms with Crippen molar-refractivity contribution in [3.63, 3.8) is 0 Å². The second-order valence-electron chi connectivity index (χ2n) is 2.83. The van der Waals surface area contributed by atoms with Gasteiger partial charge in [0.15, 0.2) is 9.84 Å². The maximum absolute atomic E-state index is 11.1. The van der Waals surface area contributed by atoms with Gasteiger partial charge in [-0.25, -0.2) is 8.42 Å². The van der Waals surface area contributed by atoms with Gasteiger partial charge in [0.1, 0.15) is 0 Å². The van der Waals surface area contributed by atoms with Gasteiger partial charge in [0, 0.05) is 16.7 Å². The van der Waals surface area contributed by atoms with Crippen molar-refractivity contribution < 1.29 is 18.5 Å². The molecular formula is C7H8BClO4S. The predicted octanol–water partition coefficient (Wildman–Crippen LogP) is -0.577. The average molecular weight is 234 g/mol. The van der Waals surface area contributed by atoms with Crippen LogP contribution in [0, 0.1) is 0 Å². The van der Waals surface area contributed by atoms with Crippen LogP contribution in [-0.2, 0) is 9.84 Å². The molecule has 0 aliphatic carbocycles. The molecule has 1 aromatic rings. The minimum Gasteiger partial charge on any atom is -0.423 e. The summed E-state index contributed by atoms with van der Waals surface area (Å²) < 4.78 is 22.2. The van der Waals surface area contributed by atoms with E-state index in [4.69, 9.17) is 21.6 Å². The van der Waals surface area contributed by atoms with Crippen LogP contribution in [0.25, 0.3) is 0 Å². The van der Waals surface area contributed by atoms with Crippen LogP contribution in [0.4, 0.5) is 0 Å².